The lowest BCUT2D eigenvalue weighted by Gasteiger charge is -2.08. The van der Waals surface area contributed by atoms with E-state index in [9.17, 15) is 4.79 Å². The fraction of sp³-hybridized carbons (Fsp3) is 0.333. The zero-order valence-electron chi connectivity index (χ0n) is 11.3. The summed E-state index contributed by atoms with van der Waals surface area (Å²) in [5.74, 6) is 1.17. The van der Waals surface area contributed by atoms with E-state index in [1.807, 2.05) is 12.4 Å². The summed E-state index contributed by atoms with van der Waals surface area (Å²) in [6, 6.07) is 8.35. The van der Waals surface area contributed by atoms with Crippen molar-refractivity contribution < 1.29 is 4.79 Å². The Morgan fingerprint density at radius 2 is 2.26 bits per heavy atom. The molecule has 19 heavy (non-hydrogen) atoms. The Kier molecular flexibility index (Phi) is 4.80. The second-order valence-electron chi connectivity index (χ2n) is 4.57. The molecule has 0 amide bonds. The molecule has 2 rings (SSSR count). The molecule has 1 aromatic carbocycles. The van der Waals surface area contributed by atoms with Crippen molar-refractivity contribution in [2.75, 3.05) is 5.75 Å². The summed E-state index contributed by atoms with van der Waals surface area (Å²) in [7, 11) is 0. The molecular weight excluding hydrogens is 256 g/mol. The van der Waals surface area contributed by atoms with Gasteiger partial charge in [-0.1, -0.05) is 23.9 Å². The van der Waals surface area contributed by atoms with Gasteiger partial charge < -0.3 is 4.79 Å². The van der Waals surface area contributed by atoms with Gasteiger partial charge in [0.2, 0.25) is 0 Å². The van der Waals surface area contributed by atoms with E-state index in [2.05, 4.69) is 40.7 Å². The molecule has 0 saturated carbocycles. The number of thioether (sulfide) groups is 1. The standard InChI is InChI=1S/C15H18N2OS/c1-12-5-3-7-14(11-12)17-9-8-16-15(17)19-10-4-6-13(2)18/h3,5,7-9,11H,4,6,10H2,1-2H3. The van der Waals surface area contributed by atoms with Crippen LogP contribution in [0.15, 0.2) is 41.8 Å². The van der Waals surface area contributed by atoms with E-state index in [1.54, 1.807) is 18.7 Å². The number of imidazole rings is 1. The van der Waals surface area contributed by atoms with Gasteiger partial charge in [0.1, 0.15) is 5.78 Å². The van der Waals surface area contributed by atoms with Crippen LogP contribution in [0.4, 0.5) is 0 Å². The van der Waals surface area contributed by atoms with E-state index in [1.165, 1.54) is 5.56 Å². The first-order valence-electron chi connectivity index (χ1n) is 6.39. The van der Waals surface area contributed by atoms with Crippen LogP contribution in [0.1, 0.15) is 25.3 Å². The third kappa shape index (κ3) is 3.96. The predicted molar refractivity (Wildman–Crippen MR) is 78.9 cm³/mol. The van der Waals surface area contributed by atoms with E-state index in [-0.39, 0.29) is 5.78 Å². The number of Topliss-reactive ketones (excluding diaryl/α,β-unsaturated/α-hetero) is 1. The van der Waals surface area contributed by atoms with Gasteiger partial charge in [0.25, 0.3) is 0 Å². The Labute approximate surface area is 118 Å². The maximum absolute atomic E-state index is 10.9. The Hall–Kier alpha value is -1.55. The molecule has 0 aliphatic carbocycles. The summed E-state index contributed by atoms with van der Waals surface area (Å²) in [6.07, 6.45) is 5.34. The summed E-state index contributed by atoms with van der Waals surface area (Å²) in [5.41, 5.74) is 2.37. The van der Waals surface area contributed by atoms with Gasteiger partial charge in [-0.3, -0.25) is 4.57 Å². The molecule has 0 fully saturated rings. The number of nitrogens with zero attached hydrogens (tertiary/aromatic N) is 2. The fourth-order valence-electron chi connectivity index (χ4n) is 1.86. The van der Waals surface area contributed by atoms with Gasteiger partial charge in [0, 0.05) is 30.3 Å². The Morgan fingerprint density at radius 1 is 1.42 bits per heavy atom. The van der Waals surface area contributed by atoms with Crippen molar-refractivity contribution >= 4 is 17.5 Å². The minimum Gasteiger partial charge on any atom is -0.300 e. The quantitative estimate of drug-likeness (QED) is 0.596. The molecule has 3 nitrogen and oxygen atoms in total. The van der Waals surface area contributed by atoms with Crippen molar-refractivity contribution in [3.05, 3.63) is 42.2 Å². The maximum Gasteiger partial charge on any atom is 0.172 e. The van der Waals surface area contributed by atoms with Gasteiger partial charge in [-0.05, 0) is 38.0 Å². The van der Waals surface area contributed by atoms with Crippen LogP contribution in [-0.2, 0) is 4.79 Å². The monoisotopic (exact) mass is 274 g/mol. The van der Waals surface area contributed by atoms with E-state index < -0.39 is 0 Å². The van der Waals surface area contributed by atoms with Crippen LogP contribution < -0.4 is 0 Å². The highest BCUT2D eigenvalue weighted by atomic mass is 32.2. The lowest BCUT2D eigenvalue weighted by Crippen LogP contribution is -1.97. The van der Waals surface area contributed by atoms with Crippen LogP contribution in [-0.4, -0.2) is 21.1 Å². The first-order valence-corrected chi connectivity index (χ1v) is 7.38. The number of aryl methyl sites for hydroxylation is 1. The zero-order chi connectivity index (χ0) is 13.7. The topological polar surface area (TPSA) is 34.9 Å². The first kappa shape index (κ1) is 13.9. The zero-order valence-corrected chi connectivity index (χ0v) is 12.1. The molecule has 0 atom stereocenters. The number of hydrogen-bond donors (Lipinski definition) is 0. The molecule has 2 aromatic rings. The van der Waals surface area contributed by atoms with Crippen LogP contribution in [0.2, 0.25) is 0 Å². The van der Waals surface area contributed by atoms with Crippen LogP contribution in [0, 0.1) is 6.92 Å². The van der Waals surface area contributed by atoms with Crippen LogP contribution in [0.3, 0.4) is 0 Å². The SMILES string of the molecule is CC(=O)CCCSc1nccn1-c1cccc(C)c1. The summed E-state index contributed by atoms with van der Waals surface area (Å²) >= 11 is 1.70. The molecule has 1 heterocycles. The molecule has 0 spiro atoms. The number of hydrogen-bond acceptors (Lipinski definition) is 3. The van der Waals surface area contributed by atoms with Crippen molar-refractivity contribution in [2.45, 2.75) is 31.8 Å². The van der Waals surface area contributed by atoms with E-state index in [0.29, 0.717) is 6.42 Å². The van der Waals surface area contributed by atoms with Gasteiger partial charge in [0.05, 0.1) is 0 Å². The second-order valence-corrected chi connectivity index (χ2v) is 5.63. The van der Waals surface area contributed by atoms with E-state index >= 15 is 0 Å². The number of benzene rings is 1. The number of carbonyl (C=O) groups is 1. The van der Waals surface area contributed by atoms with Crippen LogP contribution >= 0.6 is 11.8 Å². The lowest BCUT2D eigenvalue weighted by molar-refractivity contribution is -0.117. The van der Waals surface area contributed by atoms with Gasteiger partial charge in [0.15, 0.2) is 5.16 Å². The van der Waals surface area contributed by atoms with Gasteiger partial charge in [-0.2, -0.15) is 0 Å². The smallest absolute Gasteiger partial charge is 0.172 e. The predicted octanol–water partition coefficient (Wildman–Crippen LogP) is 3.64. The van der Waals surface area contributed by atoms with Gasteiger partial charge in [-0.15, -0.1) is 0 Å². The third-order valence-electron chi connectivity index (χ3n) is 2.79. The normalized spacial score (nSPS) is 10.6. The molecule has 0 saturated heterocycles. The van der Waals surface area contributed by atoms with Gasteiger partial charge >= 0.3 is 0 Å². The third-order valence-corrected chi connectivity index (χ3v) is 3.84. The minimum atomic E-state index is 0.252. The molecule has 1 aromatic heterocycles. The lowest BCUT2D eigenvalue weighted by atomic mass is 10.2. The summed E-state index contributed by atoms with van der Waals surface area (Å²) in [4.78, 5) is 15.3. The van der Waals surface area contributed by atoms with Crippen molar-refractivity contribution in [1.29, 1.82) is 0 Å². The molecule has 0 radical (unpaired) electrons. The van der Waals surface area contributed by atoms with Crippen LogP contribution in [0.5, 0.6) is 0 Å². The van der Waals surface area contributed by atoms with Crippen molar-refractivity contribution in [3.8, 4) is 5.69 Å². The molecule has 0 unspecified atom stereocenters. The van der Waals surface area contributed by atoms with Crippen molar-refractivity contribution in [1.82, 2.24) is 9.55 Å². The molecule has 4 heteroatoms. The second kappa shape index (κ2) is 6.57. The summed E-state index contributed by atoms with van der Waals surface area (Å²) < 4.78 is 2.09. The van der Waals surface area contributed by atoms with Gasteiger partial charge in [-0.25, -0.2) is 4.98 Å². The number of aromatic nitrogens is 2. The molecule has 0 N–H and O–H groups in total. The van der Waals surface area contributed by atoms with Crippen molar-refractivity contribution in [3.63, 3.8) is 0 Å². The molecule has 0 aliphatic heterocycles. The van der Waals surface area contributed by atoms with Crippen molar-refractivity contribution in [2.24, 2.45) is 0 Å². The number of ketones is 1. The fourth-order valence-corrected chi connectivity index (χ4v) is 2.77. The molecule has 0 bridgehead atoms. The average Bonchev–Trinajstić information content (AvgIpc) is 2.83. The molecular formula is C15H18N2OS. The first-order chi connectivity index (χ1) is 9.16. The Bertz CT molecular complexity index is 563. The number of rotatable bonds is 6. The van der Waals surface area contributed by atoms with Crippen LogP contribution in [0.25, 0.3) is 5.69 Å². The molecule has 0 aliphatic rings. The minimum absolute atomic E-state index is 0.252. The Balaban J connectivity index is 2.03. The average molecular weight is 274 g/mol. The number of carbonyl (C=O) groups excluding carboxylic acids is 1. The highest BCUT2D eigenvalue weighted by Gasteiger charge is 2.06. The molecule has 100 valence electrons. The largest absolute Gasteiger partial charge is 0.300 e. The maximum atomic E-state index is 10.9. The highest BCUT2D eigenvalue weighted by molar-refractivity contribution is 7.99. The van der Waals surface area contributed by atoms with E-state index in [4.69, 9.17) is 0 Å². The summed E-state index contributed by atoms with van der Waals surface area (Å²) in [5, 5.41) is 0.981. The van der Waals surface area contributed by atoms with E-state index in [0.717, 1.165) is 23.0 Å². The Morgan fingerprint density at radius 3 is 3.00 bits per heavy atom. The highest BCUT2D eigenvalue weighted by Crippen LogP contribution is 2.21. The summed E-state index contributed by atoms with van der Waals surface area (Å²) in [6.45, 7) is 3.72.